The lowest BCUT2D eigenvalue weighted by Gasteiger charge is -2.25. The summed E-state index contributed by atoms with van der Waals surface area (Å²) in [6.45, 7) is 10.2. The van der Waals surface area contributed by atoms with Crippen molar-refractivity contribution in [3.8, 4) is 40.4 Å². The van der Waals surface area contributed by atoms with Crippen LogP contribution in [0.2, 0.25) is 0 Å². The summed E-state index contributed by atoms with van der Waals surface area (Å²) in [7, 11) is 0. The molecule has 66 heavy (non-hydrogen) atoms. The molecular weight excluding hydrogens is 885 g/mol. The summed E-state index contributed by atoms with van der Waals surface area (Å²) in [6.07, 6.45) is 21.0. The highest BCUT2D eigenvalue weighted by Gasteiger charge is 2.48. The van der Waals surface area contributed by atoms with Gasteiger partial charge in [-0.15, -0.1) is 45.3 Å². The molecule has 0 N–H and O–H groups in total. The third-order valence-corrected chi connectivity index (χ3v) is 18.1. The Morgan fingerprint density at radius 3 is 1.03 bits per heavy atom. The third-order valence-electron chi connectivity index (χ3n) is 13.1. The number of hydrogen-bond donors (Lipinski definition) is 0. The second-order valence-electron chi connectivity index (χ2n) is 18.1. The average Bonchev–Trinajstić information content (AvgIpc) is 4.21. The van der Waals surface area contributed by atoms with Crippen LogP contribution in [0, 0.1) is 0 Å². The minimum absolute atomic E-state index is 0.0452. The minimum atomic E-state index is -0.0452. The summed E-state index contributed by atoms with van der Waals surface area (Å²) in [5.74, 6) is -0.0903. The molecule has 6 heterocycles. The summed E-state index contributed by atoms with van der Waals surface area (Å²) < 4.78 is 0. The number of fused-ring (bicyclic) bond motifs is 1. The van der Waals surface area contributed by atoms with E-state index in [-0.39, 0.29) is 11.8 Å². The van der Waals surface area contributed by atoms with Crippen LogP contribution in [-0.4, -0.2) is 34.7 Å². The van der Waals surface area contributed by atoms with Crippen LogP contribution in [-0.2, 0) is 22.4 Å². The first-order chi connectivity index (χ1) is 32.4. The van der Waals surface area contributed by atoms with E-state index >= 15 is 0 Å². The Labute approximate surface area is 411 Å². The molecule has 0 unspecified atom stereocenters. The van der Waals surface area contributed by atoms with Gasteiger partial charge in [0.25, 0.3) is 11.8 Å². The van der Waals surface area contributed by atoms with Crippen LogP contribution < -0.4 is 0 Å². The molecule has 2 amide bonds. The van der Waals surface area contributed by atoms with Gasteiger partial charge in [-0.25, -0.2) is 0 Å². The maximum absolute atomic E-state index is 15.0. The van der Waals surface area contributed by atoms with Gasteiger partial charge in [0.05, 0.1) is 22.5 Å². The zero-order valence-corrected chi connectivity index (χ0v) is 43.0. The Balaban J connectivity index is 1.09. The molecule has 0 aliphatic carbocycles. The van der Waals surface area contributed by atoms with Crippen molar-refractivity contribution in [2.24, 2.45) is 0 Å². The van der Waals surface area contributed by atoms with Crippen molar-refractivity contribution >= 4 is 68.6 Å². The third kappa shape index (κ3) is 11.2. The lowest BCUT2D eigenvalue weighted by molar-refractivity contribution is -0.124. The highest BCUT2D eigenvalue weighted by atomic mass is 32.1. The largest absolute Gasteiger partial charge is 0.307 e. The van der Waals surface area contributed by atoms with Crippen molar-refractivity contribution in [2.75, 3.05) is 13.1 Å². The molecule has 0 saturated heterocycles. The summed E-state index contributed by atoms with van der Waals surface area (Å²) in [6, 6.07) is 35.4. The van der Waals surface area contributed by atoms with Crippen molar-refractivity contribution in [3.05, 3.63) is 129 Å². The Hall–Kier alpha value is -4.34. The van der Waals surface area contributed by atoms with E-state index in [1.54, 1.807) is 0 Å². The SMILES string of the molecule is CCCCCCc1ccc(-c2ccc(-c3ccc(C4=C5C(=O)N(CCCCCC)C(c6ccc(-c7ccc(-c8ccc(CCCCCC)s8)s7)cc6)=C5C(=O)N4CCCCCC)cc3)s2)s1. The normalized spacial score (nSPS) is 13.9. The van der Waals surface area contributed by atoms with Crippen LogP contribution in [0.1, 0.15) is 151 Å². The molecule has 2 aliphatic heterocycles. The van der Waals surface area contributed by atoms with Crippen LogP contribution in [0.4, 0.5) is 0 Å². The van der Waals surface area contributed by atoms with Crippen molar-refractivity contribution in [1.82, 2.24) is 9.80 Å². The second kappa shape index (κ2) is 23.6. The zero-order valence-electron chi connectivity index (χ0n) is 39.7. The van der Waals surface area contributed by atoms with E-state index in [1.165, 1.54) is 90.4 Å². The molecule has 6 aromatic rings. The fourth-order valence-corrected chi connectivity index (χ4v) is 13.7. The number of rotatable bonds is 26. The van der Waals surface area contributed by atoms with Gasteiger partial charge in [-0.1, -0.05) is 153 Å². The molecule has 4 aromatic heterocycles. The first-order valence-electron chi connectivity index (χ1n) is 25.1. The second-order valence-corrected chi connectivity index (χ2v) is 22.6. The monoisotopic (exact) mass is 952 g/mol. The number of unbranched alkanes of at least 4 members (excludes halogenated alkanes) is 12. The van der Waals surface area contributed by atoms with E-state index in [4.69, 9.17) is 0 Å². The molecule has 0 saturated carbocycles. The zero-order chi connectivity index (χ0) is 45.8. The summed E-state index contributed by atoms with van der Waals surface area (Å²) in [4.78, 5) is 44.5. The van der Waals surface area contributed by atoms with Gasteiger partial charge in [-0.3, -0.25) is 9.59 Å². The molecule has 0 fully saturated rings. The maximum Gasteiger partial charge on any atom is 0.261 e. The molecule has 2 aliphatic rings. The molecule has 4 nitrogen and oxygen atoms in total. The molecule has 8 rings (SSSR count). The first-order valence-corrected chi connectivity index (χ1v) is 28.4. The topological polar surface area (TPSA) is 40.6 Å². The average molecular weight is 953 g/mol. The first kappa shape index (κ1) is 48.1. The van der Waals surface area contributed by atoms with Crippen LogP contribution in [0.15, 0.2) is 108 Å². The number of amides is 2. The van der Waals surface area contributed by atoms with Crippen molar-refractivity contribution in [3.63, 3.8) is 0 Å². The Bertz CT molecular complexity index is 2420. The van der Waals surface area contributed by atoms with Gasteiger partial charge < -0.3 is 9.80 Å². The van der Waals surface area contributed by atoms with Gasteiger partial charge in [0, 0.05) is 52.1 Å². The van der Waals surface area contributed by atoms with Gasteiger partial charge >= 0.3 is 0 Å². The lowest BCUT2D eigenvalue weighted by Crippen LogP contribution is -2.31. The number of aryl methyl sites for hydroxylation is 2. The summed E-state index contributed by atoms with van der Waals surface area (Å²) in [5.41, 5.74) is 6.84. The fourth-order valence-electron chi connectivity index (χ4n) is 9.39. The van der Waals surface area contributed by atoms with E-state index in [0.29, 0.717) is 24.2 Å². The van der Waals surface area contributed by atoms with Gasteiger partial charge in [0.1, 0.15) is 0 Å². The van der Waals surface area contributed by atoms with Crippen LogP contribution >= 0.6 is 45.3 Å². The smallest absolute Gasteiger partial charge is 0.261 e. The van der Waals surface area contributed by atoms with Gasteiger partial charge in [-0.05, 0) is 109 Å². The lowest BCUT2D eigenvalue weighted by atomic mass is 10.0. The fraction of sp³-hybridized carbons (Fsp3) is 0.414. The van der Waals surface area contributed by atoms with Crippen molar-refractivity contribution < 1.29 is 9.59 Å². The van der Waals surface area contributed by atoms with Crippen LogP contribution in [0.3, 0.4) is 0 Å². The van der Waals surface area contributed by atoms with Crippen molar-refractivity contribution in [2.45, 2.75) is 143 Å². The van der Waals surface area contributed by atoms with E-state index in [1.807, 2.05) is 55.1 Å². The molecule has 2 aromatic carbocycles. The predicted octanol–water partition coefficient (Wildman–Crippen LogP) is 17.8. The van der Waals surface area contributed by atoms with Gasteiger partial charge in [0.15, 0.2) is 0 Å². The molecule has 0 spiro atoms. The van der Waals surface area contributed by atoms with Gasteiger partial charge in [-0.2, -0.15) is 0 Å². The number of carbonyl (C=O) groups is 2. The Kier molecular flexibility index (Phi) is 17.2. The van der Waals surface area contributed by atoms with Crippen molar-refractivity contribution in [1.29, 1.82) is 0 Å². The maximum atomic E-state index is 15.0. The Morgan fingerprint density at radius 1 is 0.333 bits per heavy atom. The molecule has 346 valence electrons. The van der Waals surface area contributed by atoms with E-state index < -0.39 is 0 Å². The highest BCUT2D eigenvalue weighted by molar-refractivity contribution is 7.24. The molecule has 0 radical (unpaired) electrons. The quantitative estimate of drug-likeness (QED) is 0.0508. The number of carbonyl (C=O) groups excluding carboxylic acids is 2. The number of nitrogens with zero attached hydrogens (tertiary/aromatic N) is 2. The molecule has 0 atom stereocenters. The predicted molar refractivity (Wildman–Crippen MR) is 287 cm³/mol. The standard InChI is InChI=1S/C58H68N2O2S4/c1-5-9-13-17-21-45-31-33-49(63-45)51-37-35-47(65-51)41-23-27-43(28-24-41)55-53-54(58(62)59(55)39-19-15-11-7-3)56(60(57(53)61)40-20-16-12-8-4)44-29-25-42(26-30-44)48-36-38-52(66-48)50-34-32-46(64-50)22-18-14-10-6-2/h23-38H,5-22,39-40H2,1-4H3. The number of benzene rings is 2. The molecule has 8 heteroatoms. The summed E-state index contributed by atoms with van der Waals surface area (Å²) in [5, 5.41) is 0. The molecule has 0 bridgehead atoms. The number of thiophene rings is 4. The number of hydrogen-bond acceptors (Lipinski definition) is 6. The Morgan fingerprint density at radius 2 is 0.652 bits per heavy atom. The van der Waals surface area contributed by atoms with E-state index in [9.17, 15) is 9.59 Å². The highest BCUT2D eigenvalue weighted by Crippen LogP contribution is 2.48. The van der Waals surface area contributed by atoms with Gasteiger partial charge in [0.2, 0.25) is 0 Å². The van der Waals surface area contributed by atoms with E-state index in [2.05, 4.69) is 125 Å². The van der Waals surface area contributed by atoms with Crippen LogP contribution in [0.5, 0.6) is 0 Å². The molecular formula is C58H68N2O2S4. The van der Waals surface area contributed by atoms with Crippen LogP contribution in [0.25, 0.3) is 51.8 Å². The summed E-state index contributed by atoms with van der Waals surface area (Å²) >= 11 is 7.52. The van der Waals surface area contributed by atoms with E-state index in [0.717, 1.165) is 97.9 Å². The minimum Gasteiger partial charge on any atom is -0.307 e.